The van der Waals surface area contributed by atoms with Crippen LogP contribution in [0.3, 0.4) is 0 Å². The molecule has 2 aromatic carbocycles. The molecule has 1 N–H and O–H groups in total. The van der Waals surface area contributed by atoms with Crippen molar-refractivity contribution in [2.75, 3.05) is 0 Å². The van der Waals surface area contributed by atoms with Crippen LogP contribution in [-0.2, 0) is 18.1 Å². The number of aromatic nitrogens is 4. The fourth-order valence-electron chi connectivity index (χ4n) is 2.01. The van der Waals surface area contributed by atoms with Crippen LogP contribution in [0.1, 0.15) is 23.9 Å². The SMILES string of the molecule is C/C(=N\OCc1ccccc1)c1ccc(OCc2nn[nH]n2)cc1. The molecule has 0 aliphatic heterocycles. The number of tetrazole rings is 1. The molecule has 1 aromatic heterocycles. The van der Waals surface area contributed by atoms with E-state index in [-0.39, 0.29) is 6.61 Å². The van der Waals surface area contributed by atoms with Crippen LogP contribution >= 0.6 is 0 Å². The molecule has 0 fully saturated rings. The molecule has 0 atom stereocenters. The van der Waals surface area contributed by atoms with Gasteiger partial charge in [0.25, 0.3) is 0 Å². The molecule has 0 bridgehead atoms. The summed E-state index contributed by atoms with van der Waals surface area (Å²) in [7, 11) is 0. The maximum atomic E-state index is 5.57. The van der Waals surface area contributed by atoms with Crippen LogP contribution in [0.5, 0.6) is 5.75 Å². The lowest BCUT2D eigenvalue weighted by atomic mass is 10.1. The van der Waals surface area contributed by atoms with E-state index in [1.165, 1.54) is 0 Å². The van der Waals surface area contributed by atoms with Crippen molar-refractivity contribution < 1.29 is 9.57 Å². The Kier molecular flexibility index (Phi) is 5.14. The lowest BCUT2D eigenvalue weighted by Crippen LogP contribution is -1.99. The molecule has 0 aliphatic carbocycles. The van der Waals surface area contributed by atoms with Gasteiger partial charge in [-0.3, -0.25) is 0 Å². The van der Waals surface area contributed by atoms with E-state index in [9.17, 15) is 0 Å². The molecule has 1 heterocycles. The topological polar surface area (TPSA) is 85.3 Å². The van der Waals surface area contributed by atoms with Gasteiger partial charge in [0.1, 0.15) is 12.4 Å². The van der Waals surface area contributed by atoms with Crippen LogP contribution in [0, 0.1) is 0 Å². The van der Waals surface area contributed by atoms with Crippen molar-refractivity contribution in [1.82, 2.24) is 20.6 Å². The molecule has 7 nitrogen and oxygen atoms in total. The Bertz CT molecular complexity index is 771. The number of nitrogens with zero attached hydrogens (tertiary/aromatic N) is 4. The van der Waals surface area contributed by atoms with E-state index in [0.29, 0.717) is 12.4 Å². The number of oxime groups is 1. The minimum absolute atomic E-state index is 0.267. The van der Waals surface area contributed by atoms with Gasteiger partial charge in [-0.2, -0.15) is 5.21 Å². The minimum Gasteiger partial charge on any atom is -0.485 e. The van der Waals surface area contributed by atoms with Crippen LogP contribution in [0.15, 0.2) is 59.8 Å². The van der Waals surface area contributed by atoms with Crippen molar-refractivity contribution in [1.29, 1.82) is 0 Å². The summed E-state index contributed by atoms with van der Waals surface area (Å²) in [6.45, 7) is 2.62. The number of aromatic amines is 1. The van der Waals surface area contributed by atoms with E-state index in [2.05, 4.69) is 25.8 Å². The summed E-state index contributed by atoms with van der Waals surface area (Å²) in [4.78, 5) is 5.39. The quantitative estimate of drug-likeness (QED) is 0.534. The third kappa shape index (κ3) is 4.39. The van der Waals surface area contributed by atoms with Gasteiger partial charge in [-0.05, 0) is 42.3 Å². The van der Waals surface area contributed by atoms with Gasteiger partial charge in [0.15, 0.2) is 6.61 Å². The molecule has 122 valence electrons. The molecule has 7 heteroatoms. The van der Waals surface area contributed by atoms with Crippen LogP contribution in [0.25, 0.3) is 0 Å². The van der Waals surface area contributed by atoms with Crippen LogP contribution in [0.2, 0.25) is 0 Å². The minimum atomic E-state index is 0.267. The largest absolute Gasteiger partial charge is 0.485 e. The molecular formula is C17H17N5O2. The zero-order chi connectivity index (χ0) is 16.6. The van der Waals surface area contributed by atoms with E-state index in [1.807, 2.05) is 61.5 Å². The highest BCUT2D eigenvalue weighted by Gasteiger charge is 2.02. The Hall–Kier alpha value is -3.22. The summed E-state index contributed by atoms with van der Waals surface area (Å²) in [6.07, 6.45) is 0. The first kappa shape index (κ1) is 15.7. The Balaban J connectivity index is 1.53. The molecular weight excluding hydrogens is 306 g/mol. The van der Waals surface area contributed by atoms with Crippen LogP contribution in [-0.4, -0.2) is 26.3 Å². The standard InChI is InChI=1S/C17H17N5O2/c1-13(20-24-11-14-5-3-2-4-6-14)15-7-9-16(10-8-15)23-12-17-18-21-22-19-17/h2-10H,11-12H2,1H3,(H,18,19,21,22)/b20-13+. The molecule has 0 saturated carbocycles. The molecule has 0 aliphatic rings. The van der Waals surface area contributed by atoms with Gasteiger partial charge in [0, 0.05) is 0 Å². The molecule has 0 unspecified atom stereocenters. The summed E-state index contributed by atoms with van der Waals surface area (Å²) in [5, 5.41) is 17.7. The highest BCUT2D eigenvalue weighted by molar-refractivity contribution is 5.98. The predicted octanol–water partition coefficient (Wildman–Crippen LogP) is 2.72. The summed E-state index contributed by atoms with van der Waals surface area (Å²) in [6, 6.07) is 17.5. The first-order valence-corrected chi connectivity index (χ1v) is 7.47. The number of H-pyrrole nitrogens is 1. The number of nitrogens with one attached hydrogen (secondary N) is 1. The molecule has 0 radical (unpaired) electrons. The third-order valence-corrected chi connectivity index (χ3v) is 3.30. The summed E-state index contributed by atoms with van der Waals surface area (Å²) in [5.41, 5.74) is 2.85. The first-order chi connectivity index (χ1) is 11.8. The molecule has 3 aromatic rings. The second-order valence-corrected chi connectivity index (χ2v) is 5.08. The van der Waals surface area contributed by atoms with Crippen molar-refractivity contribution in [3.05, 3.63) is 71.5 Å². The fraction of sp³-hybridized carbons (Fsp3) is 0.176. The molecule has 0 spiro atoms. The van der Waals surface area contributed by atoms with Crippen molar-refractivity contribution in [2.45, 2.75) is 20.1 Å². The predicted molar refractivity (Wildman–Crippen MR) is 88.4 cm³/mol. The highest BCUT2D eigenvalue weighted by Crippen LogP contribution is 2.14. The van der Waals surface area contributed by atoms with Gasteiger partial charge in [0.05, 0.1) is 5.71 Å². The van der Waals surface area contributed by atoms with Crippen LogP contribution in [0.4, 0.5) is 0 Å². The van der Waals surface area contributed by atoms with E-state index >= 15 is 0 Å². The maximum absolute atomic E-state index is 5.57. The summed E-state index contributed by atoms with van der Waals surface area (Å²) < 4.78 is 5.57. The summed E-state index contributed by atoms with van der Waals surface area (Å²) >= 11 is 0. The van der Waals surface area contributed by atoms with Gasteiger partial charge in [-0.15, -0.1) is 10.2 Å². The molecule has 0 amide bonds. The van der Waals surface area contributed by atoms with Crippen molar-refractivity contribution in [3.63, 3.8) is 0 Å². The monoisotopic (exact) mass is 323 g/mol. The average Bonchev–Trinajstić information content (AvgIpc) is 3.15. The molecule has 24 heavy (non-hydrogen) atoms. The zero-order valence-corrected chi connectivity index (χ0v) is 13.2. The first-order valence-electron chi connectivity index (χ1n) is 7.47. The van der Waals surface area contributed by atoms with Gasteiger partial charge in [-0.25, -0.2) is 0 Å². The molecule has 3 rings (SSSR count). The average molecular weight is 323 g/mol. The number of hydrogen-bond donors (Lipinski definition) is 1. The Labute approximate surface area is 139 Å². The number of ether oxygens (including phenoxy) is 1. The summed E-state index contributed by atoms with van der Waals surface area (Å²) in [5.74, 6) is 1.23. The Morgan fingerprint density at radius 3 is 2.54 bits per heavy atom. The Morgan fingerprint density at radius 2 is 1.83 bits per heavy atom. The van der Waals surface area contributed by atoms with E-state index in [1.54, 1.807) is 0 Å². The number of hydrogen-bond acceptors (Lipinski definition) is 6. The fourth-order valence-corrected chi connectivity index (χ4v) is 2.01. The zero-order valence-electron chi connectivity index (χ0n) is 13.2. The highest BCUT2D eigenvalue weighted by atomic mass is 16.6. The number of benzene rings is 2. The second-order valence-electron chi connectivity index (χ2n) is 5.08. The van der Waals surface area contributed by atoms with E-state index in [4.69, 9.17) is 9.57 Å². The lowest BCUT2D eigenvalue weighted by Gasteiger charge is -2.05. The van der Waals surface area contributed by atoms with Gasteiger partial charge in [-0.1, -0.05) is 40.7 Å². The van der Waals surface area contributed by atoms with Gasteiger partial charge < -0.3 is 9.57 Å². The van der Waals surface area contributed by atoms with Crippen molar-refractivity contribution in [2.24, 2.45) is 5.16 Å². The van der Waals surface area contributed by atoms with E-state index < -0.39 is 0 Å². The normalized spacial score (nSPS) is 11.3. The van der Waals surface area contributed by atoms with Crippen molar-refractivity contribution in [3.8, 4) is 5.75 Å². The third-order valence-electron chi connectivity index (χ3n) is 3.30. The van der Waals surface area contributed by atoms with E-state index in [0.717, 1.165) is 22.6 Å². The molecule has 0 saturated heterocycles. The number of rotatable bonds is 7. The van der Waals surface area contributed by atoms with Gasteiger partial charge in [0.2, 0.25) is 5.82 Å². The van der Waals surface area contributed by atoms with Crippen LogP contribution < -0.4 is 4.74 Å². The Morgan fingerprint density at radius 1 is 1.04 bits per heavy atom. The van der Waals surface area contributed by atoms with Crippen molar-refractivity contribution >= 4 is 5.71 Å². The lowest BCUT2D eigenvalue weighted by molar-refractivity contribution is 0.130. The second kappa shape index (κ2) is 7.87. The van der Waals surface area contributed by atoms with Gasteiger partial charge >= 0.3 is 0 Å². The maximum Gasteiger partial charge on any atom is 0.211 e. The smallest absolute Gasteiger partial charge is 0.211 e.